The molecule has 1 saturated heterocycles. The van der Waals surface area contributed by atoms with Gasteiger partial charge in [0, 0.05) is 32.4 Å². The average molecular weight is 709 g/mol. The van der Waals surface area contributed by atoms with Crippen molar-refractivity contribution in [2.75, 3.05) is 13.1 Å². The molecule has 264 valence electrons. The molecule has 5 rings (SSSR count). The minimum atomic E-state index is -1.11. The molecular formula is C37H48N4O6S2. The van der Waals surface area contributed by atoms with E-state index in [-0.39, 0.29) is 56.0 Å². The molecule has 0 unspecified atom stereocenters. The van der Waals surface area contributed by atoms with Crippen LogP contribution in [0.1, 0.15) is 86.3 Å². The Kier molecular flexibility index (Phi) is 13.0. The number of aromatic nitrogens is 1. The number of ether oxygens (including phenoxy) is 1. The molecule has 2 aliphatic rings. The fourth-order valence-electron chi connectivity index (χ4n) is 6.75. The second-order valence-electron chi connectivity index (χ2n) is 13.6. The minimum Gasteiger partial charge on any atom is -0.458 e. The van der Waals surface area contributed by atoms with E-state index in [9.17, 15) is 24.0 Å². The smallest absolute Gasteiger partial charge is 0.328 e. The van der Waals surface area contributed by atoms with Gasteiger partial charge in [0.25, 0.3) is 11.5 Å². The number of benzene rings is 2. The van der Waals surface area contributed by atoms with Crippen LogP contribution in [0, 0.1) is 0 Å². The highest BCUT2D eigenvalue weighted by Crippen LogP contribution is 2.48. The molecule has 3 amide bonds. The van der Waals surface area contributed by atoms with E-state index in [4.69, 9.17) is 4.74 Å². The number of carbonyl (C=O) groups excluding carboxylic acids is 4. The first-order valence-corrected chi connectivity index (χ1v) is 16.3. The first-order valence-electron chi connectivity index (χ1n) is 16.3. The van der Waals surface area contributed by atoms with Crippen LogP contribution in [0.5, 0.6) is 0 Å². The molecule has 3 aromatic rings. The number of pyridine rings is 1. The van der Waals surface area contributed by atoms with Crippen LogP contribution in [0.15, 0.2) is 77.7 Å². The lowest BCUT2D eigenvalue weighted by atomic mass is 9.62. The minimum absolute atomic E-state index is 0. The quantitative estimate of drug-likeness (QED) is 0.357. The fourth-order valence-corrected chi connectivity index (χ4v) is 6.75. The Balaban J connectivity index is 0.00000325. The molecule has 3 atom stereocenters. The van der Waals surface area contributed by atoms with E-state index in [1.807, 2.05) is 59.5 Å². The van der Waals surface area contributed by atoms with Gasteiger partial charge in [-0.05, 0) is 82.2 Å². The highest BCUT2D eigenvalue weighted by Gasteiger charge is 2.49. The van der Waals surface area contributed by atoms with Gasteiger partial charge in [0.2, 0.25) is 11.8 Å². The van der Waals surface area contributed by atoms with Crippen LogP contribution in [0.25, 0.3) is 0 Å². The van der Waals surface area contributed by atoms with Crippen molar-refractivity contribution in [1.82, 2.24) is 20.1 Å². The average Bonchev–Trinajstić information content (AvgIpc) is 3.05. The van der Waals surface area contributed by atoms with Crippen molar-refractivity contribution in [3.63, 3.8) is 0 Å². The molecule has 0 saturated carbocycles. The Morgan fingerprint density at radius 3 is 2.18 bits per heavy atom. The Labute approximate surface area is 301 Å². The number of rotatable bonds is 7. The molecular weight excluding hydrogens is 661 g/mol. The van der Waals surface area contributed by atoms with Crippen molar-refractivity contribution in [1.29, 1.82) is 0 Å². The van der Waals surface area contributed by atoms with Gasteiger partial charge in [-0.3, -0.25) is 19.2 Å². The van der Waals surface area contributed by atoms with E-state index in [2.05, 4.69) is 10.6 Å². The van der Waals surface area contributed by atoms with Crippen LogP contribution in [0.4, 0.5) is 0 Å². The molecule has 1 aliphatic carbocycles. The first kappa shape index (κ1) is 39.4. The molecule has 0 bridgehead atoms. The third kappa shape index (κ3) is 8.41. The molecule has 49 heavy (non-hydrogen) atoms. The van der Waals surface area contributed by atoms with Gasteiger partial charge in [0.05, 0.1) is 11.3 Å². The zero-order valence-corrected chi connectivity index (χ0v) is 30.7. The predicted molar refractivity (Wildman–Crippen MR) is 199 cm³/mol. The standard InChI is InChI=1S/C37H44N4O6.2H2S/c1-24(34(45)47-36(2,3)4)38-35(46)37(25-12-7-6-8-13-25)20-17-28(27-14-9-10-16-30(27)37)33(44)41-22-18-26(19-23-41)39-31(42)29-15-11-21-40(5)32(29)43;;/h6-16,21,24,26,28H,17-20,22-23H2,1-5H3,(H,38,46)(H,39,42);2*1H2/t24-,28-,37+;;/m0../s1. The molecule has 2 N–H and O–H groups in total. The molecule has 10 nitrogen and oxygen atoms in total. The van der Waals surface area contributed by atoms with Gasteiger partial charge in [0.15, 0.2) is 0 Å². The molecule has 1 aliphatic heterocycles. The molecule has 0 radical (unpaired) electrons. The van der Waals surface area contributed by atoms with E-state index in [0.29, 0.717) is 38.8 Å². The molecule has 12 heteroatoms. The van der Waals surface area contributed by atoms with E-state index in [1.54, 1.807) is 47.0 Å². The number of esters is 1. The van der Waals surface area contributed by atoms with E-state index < -0.39 is 34.9 Å². The number of aryl methyl sites for hydroxylation is 1. The van der Waals surface area contributed by atoms with E-state index in [0.717, 1.165) is 16.7 Å². The topological polar surface area (TPSA) is 127 Å². The van der Waals surface area contributed by atoms with Gasteiger partial charge in [0.1, 0.15) is 17.2 Å². The van der Waals surface area contributed by atoms with Crippen molar-refractivity contribution in [3.05, 3.63) is 106 Å². The Bertz CT molecular complexity index is 1720. The summed E-state index contributed by atoms with van der Waals surface area (Å²) in [5.74, 6) is -1.70. The SMILES string of the molecule is C[C@H](NC(=O)[C@@]1(c2ccccc2)CC[C@H](C(=O)N2CCC(NC(=O)c3cccn(C)c3=O)CC2)c2ccccc21)C(=O)OC(C)(C)C.S.S. The van der Waals surface area contributed by atoms with Crippen molar-refractivity contribution < 1.29 is 23.9 Å². The van der Waals surface area contributed by atoms with Crippen molar-refractivity contribution in [3.8, 4) is 0 Å². The van der Waals surface area contributed by atoms with E-state index >= 15 is 0 Å². The van der Waals surface area contributed by atoms with Gasteiger partial charge < -0.3 is 24.8 Å². The third-order valence-corrected chi connectivity index (χ3v) is 9.17. The number of nitrogens with one attached hydrogen (secondary N) is 2. The molecule has 1 fully saturated rings. The molecule has 2 heterocycles. The van der Waals surface area contributed by atoms with Gasteiger partial charge >= 0.3 is 5.97 Å². The molecule has 2 aromatic carbocycles. The number of likely N-dealkylation sites (tertiary alicyclic amines) is 1. The number of hydrogen-bond donors (Lipinski definition) is 2. The van der Waals surface area contributed by atoms with E-state index in [1.165, 1.54) is 10.6 Å². The largest absolute Gasteiger partial charge is 0.458 e. The third-order valence-electron chi connectivity index (χ3n) is 9.17. The van der Waals surface area contributed by atoms with Gasteiger partial charge in [-0.2, -0.15) is 27.0 Å². The predicted octanol–water partition coefficient (Wildman–Crippen LogP) is 4.04. The number of fused-ring (bicyclic) bond motifs is 1. The Hall–Kier alpha value is -4.03. The maximum atomic E-state index is 14.3. The second kappa shape index (κ2) is 16.1. The number of nitrogens with zero attached hydrogens (tertiary/aromatic N) is 2. The van der Waals surface area contributed by atoms with Crippen LogP contribution < -0.4 is 16.2 Å². The summed E-state index contributed by atoms with van der Waals surface area (Å²) in [6.45, 7) is 7.90. The number of piperidine rings is 1. The fraction of sp³-hybridized carbons (Fsp3) is 0.432. The second-order valence-corrected chi connectivity index (χ2v) is 13.6. The zero-order chi connectivity index (χ0) is 33.9. The van der Waals surface area contributed by atoms with Crippen LogP contribution in [0.2, 0.25) is 0 Å². The summed E-state index contributed by atoms with van der Waals surface area (Å²) < 4.78 is 6.90. The lowest BCUT2D eigenvalue weighted by Crippen LogP contribution is -2.54. The molecule has 0 spiro atoms. The number of hydrogen-bond acceptors (Lipinski definition) is 6. The Morgan fingerprint density at radius 2 is 1.53 bits per heavy atom. The highest BCUT2D eigenvalue weighted by molar-refractivity contribution is 7.59. The molecule has 1 aromatic heterocycles. The summed E-state index contributed by atoms with van der Waals surface area (Å²) in [6, 6.07) is 19.3. The van der Waals surface area contributed by atoms with Gasteiger partial charge in [-0.1, -0.05) is 54.6 Å². The van der Waals surface area contributed by atoms with Crippen LogP contribution in [-0.4, -0.2) is 63.9 Å². The Morgan fingerprint density at radius 1 is 0.898 bits per heavy atom. The summed E-state index contributed by atoms with van der Waals surface area (Å²) in [6.07, 6.45) is 3.55. The monoisotopic (exact) mass is 708 g/mol. The summed E-state index contributed by atoms with van der Waals surface area (Å²) in [5.41, 5.74) is 0.262. The highest BCUT2D eigenvalue weighted by atomic mass is 32.1. The van der Waals surface area contributed by atoms with Crippen molar-refractivity contribution in [2.45, 2.75) is 82.4 Å². The number of carbonyl (C=O) groups is 4. The lowest BCUT2D eigenvalue weighted by Gasteiger charge is -2.43. The first-order chi connectivity index (χ1) is 22.3. The summed E-state index contributed by atoms with van der Waals surface area (Å²) in [4.78, 5) is 68.3. The van der Waals surface area contributed by atoms with Crippen LogP contribution >= 0.6 is 27.0 Å². The van der Waals surface area contributed by atoms with Gasteiger partial charge in [-0.25, -0.2) is 4.79 Å². The summed E-state index contributed by atoms with van der Waals surface area (Å²) in [5, 5.41) is 5.90. The maximum absolute atomic E-state index is 14.3. The lowest BCUT2D eigenvalue weighted by molar-refractivity contribution is -0.158. The van der Waals surface area contributed by atoms with Crippen molar-refractivity contribution in [2.24, 2.45) is 7.05 Å². The zero-order valence-electron chi connectivity index (χ0n) is 28.7. The van der Waals surface area contributed by atoms with Crippen LogP contribution in [0.3, 0.4) is 0 Å². The van der Waals surface area contributed by atoms with Gasteiger partial charge in [-0.15, -0.1) is 0 Å². The summed E-state index contributed by atoms with van der Waals surface area (Å²) >= 11 is 0. The number of amides is 3. The van der Waals surface area contributed by atoms with Crippen molar-refractivity contribution >= 4 is 50.7 Å². The maximum Gasteiger partial charge on any atom is 0.328 e. The normalized spacial score (nSPS) is 19.6. The van der Waals surface area contributed by atoms with Crippen LogP contribution in [-0.2, 0) is 31.6 Å². The summed E-state index contributed by atoms with van der Waals surface area (Å²) in [7, 11) is 1.60.